The van der Waals surface area contributed by atoms with Crippen molar-refractivity contribution in [3.05, 3.63) is 17.7 Å². The number of rotatable bonds is 2. The molecule has 1 aromatic carbocycles. The van der Waals surface area contributed by atoms with E-state index in [0.717, 1.165) is 24.4 Å². The number of ether oxygens (including phenoxy) is 1. The summed E-state index contributed by atoms with van der Waals surface area (Å²) in [5, 5.41) is 4.01. The monoisotopic (exact) mass is 299 g/mol. The Balaban J connectivity index is 0.00000133. The number of hydrogen-bond donors (Lipinski definition) is 2. The molecule has 0 radical (unpaired) electrons. The Morgan fingerprint density at radius 3 is 2.79 bits per heavy atom. The first-order valence-electron chi connectivity index (χ1n) is 6.23. The van der Waals surface area contributed by atoms with Crippen LogP contribution >= 0.6 is 23.7 Å². The quantitative estimate of drug-likeness (QED) is 0.895. The first kappa shape index (κ1) is 14.4. The van der Waals surface area contributed by atoms with E-state index in [1.807, 2.05) is 6.07 Å². The second-order valence-electron chi connectivity index (χ2n) is 4.61. The second kappa shape index (κ2) is 5.94. The van der Waals surface area contributed by atoms with E-state index in [2.05, 4.69) is 16.4 Å². The molecule has 1 aromatic heterocycles. The number of nitrogens with two attached hydrogens (primary N) is 1. The van der Waals surface area contributed by atoms with Crippen molar-refractivity contribution in [2.24, 2.45) is 0 Å². The molecule has 104 valence electrons. The summed E-state index contributed by atoms with van der Waals surface area (Å²) in [5.74, 6) is 1.43. The lowest BCUT2D eigenvalue weighted by atomic mass is 9.90. The number of nitrogens with zero attached hydrogens (tertiary/aromatic N) is 1. The van der Waals surface area contributed by atoms with Gasteiger partial charge in [0.1, 0.15) is 11.3 Å². The largest absolute Gasteiger partial charge is 0.494 e. The highest BCUT2D eigenvalue weighted by Gasteiger charge is 2.20. The molecule has 1 aliphatic heterocycles. The van der Waals surface area contributed by atoms with Gasteiger partial charge in [-0.25, -0.2) is 4.98 Å². The molecule has 0 unspecified atom stereocenters. The maximum Gasteiger partial charge on any atom is 0.181 e. The summed E-state index contributed by atoms with van der Waals surface area (Å²) in [7, 11) is 1.68. The van der Waals surface area contributed by atoms with Crippen LogP contribution in [0.3, 0.4) is 0 Å². The number of aromatic nitrogens is 1. The van der Waals surface area contributed by atoms with Crippen LogP contribution in [0.25, 0.3) is 10.2 Å². The van der Waals surface area contributed by atoms with E-state index in [9.17, 15) is 0 Å². The Morgan fingerprint density at radius 2 is 2.11 bits per heavy atom. The molecule has 1 aliphatic rings. The van der Waals surface area contributed by atoms with E-state index in [0.29, 0.717) is 11.0 Å². The van der Waals surface area contributed by atoms with Gasteiger partial charge in [-0.05, 0) is 43.5 Å². The summed E-state index contributed by atoms with van der Waals surface area (Å²) in [6, 6.07) is 4.19. The Bertz CT molecular complexity index is 566. The van der Waals surface area contributed by atoms with Crippen molar-refractivity contribution < 1.29 is 4.74 Å². The van der Waals surface area contributed by atoms with Crippen LogP contribution in [0.1, 0.15) is 24.3 Å². The van der Waals surface area contributed by atoms with Gasteiger partial charge in [0.25, 0.3) is 0 Å². The summed E-state index contributed by atoms with van der Waals surface area (Å²) < 4.78 is 6.55. The van der Waals surface area contributed by atoms with Crippen LogP contribution in [-0.4, -0.2) is 25.2 Å². The highest BCUT2D eigenvalue weighted by Crippen LogP contribution is 2.39. The smallest absolute Gasteiger partial charge is 0.181 e. The predicted molar refractivity (Wildman–Crippen MR) is 82.7 cm³/mol. The Hall–Kier alpha value is -1.04. The van der Waals surface area contributed by atoms with Crippen molar-refractivity contribution in [1.82, 2.24) is 10.3 Å². The van der Waals surface area contributed by atoms with Gasteiger partial charge in [-0.2, -0.15) is 0 Å². The summed E-state index contributed by atoms with van der Waals surface area (Å²) in [6.07, 6.45) is 2.36. The number of nitrogen functional groups attached to an aromatic ring is 1. The van der Waals surface area contributed by atoms with E-state index in [1.165, 1.54) is 23.1 Å². The van der Waals surface area contributed by atoms with Gasteiger partial charge in [0.15, 0.2) is 5.13 Å². The zero-order chi connectivity index (χ0) is 12.5. The minimum atomic E-state index is 0. The molecule has 0 amide bonds. The number of hydrogen-bond acceptors (Lipinski definition) is 5. The molecule has 3 N–H and O–H groups in total. The number of anilines is 1. The van der Waals surface area contributed by atoms with Crippen LogP contribution in [0.4, 0.5) is 5.13 Å². The van der Waals surface area contributed by atoms with Crippen LogP contribution in [0.5, 0.6) is 5.75 Å². The topological polar surface area (TPSA) is 60.2 Å². The van der Waals surface area contributed by atoms with Gasteiger partial charge in [0.05, 0.1) is 11.8 Å². The number of methoxy groups -OCH3 is 1. The van der Waals surface area contributed by atoms with Crippen molar-refractivity contribution in [2.75, 3.05) is 25.9 Å². The summed E-state index contributed by atoms with van der Waals surface area (Å²) >= 11 is 1.57. The van der Waals surface area contributed by atoms with Gasteiger partial charge in [-0.3, -0.25) is 0 Å². The molecule has 0 atom stereocenters. The lowest BCUT2D eigenvalue weighted by molar-refractivity contribution is 0.418. The normalized spacial score (nSPS) is 16.3. The van der Waals surface area contributed by atoms with Crippen molar-refractivity contribution in [1.29, 1.82) is 0 Å². The van der Waals surface area contributed by atoms with E-state index < -0.39 is 0 Å². The average Bonchev–Trinajstić information content (AvgIpc) is 2.80. The van der Waals surface area contributed by atoms with Gasteiger partial charge in [-0.15, -0.1) is 12.4 Å². The Morgan fingerprint density at radius 1 is 1.37 bits per heavy atom. The zero-order valence-corrected chi connectivity index (χ0v) is 12.4. The average molecular weight is 300 g/mol. The highest BCUT2D eigenvalue weighted by molar-refractivity contribution is 7.22. The molecule has 0 spiro atoms. The van der Waals surface area contributed by atoms with Gasteiger partial charge < -0.3 is 15.8 Å². The van der Waals surface area contributed by atoms with Crippen LogP contribution in [0.15, 0.2) is 12.1 Å². The summed E-state index contributed by atoms with van der Waals surface area (Å²) in [5.41, 5.74) is 8.14. The Kier molecular flexibility index (Phi) is 4.50. The fourth-order valence-electron chi connectivity index (χ4n) is 2.64. The molecular weight excluding hydrogens is 282 g/mol. The highest BCUT2D eigenvalue weighted by atomic mass is 35.5. The molecular formula is C13H18ClN3OS. The Labute approximate surface area is 122 Å². The van der Waals surface area contributed by atoms with Gasteiger partial charge in [0.2, 0.25) is 0 Å². The standard InChI is InChI=1S/C13H17N3OS.ClH/c1-17-10-3-2-9(8-4-6-15-7-5-8)12-11(10)16-13(14)18-12;/h2-3,8,15H,4-7H2,1H3,(H2,14,16);1H. The molecule has 3 rings (SSSR count). The number of benzene rings is 1. The molecule has 19 heavy (non-hydrogen) atoms. The molecule has 0 bridgehead atoms. The number of nitrogens with one attached hydrogen (secondary N) is 1. The van der Waals surface area contributed by atoms with Gasteiger partial charge in [0, 0.05) is 0 Å². The van der Waals surface area contributed by atoms with Crippen LogP contribution in [0.2, 0.25) is 0 Å². The van der Waals surface area contributed by atoms with E-state index in [-0.39, 0.29) is 12.4 Å². The van der Waals surface area contributed by atoms with E-state index in [1.54, 1.807) is 18.4 Å². The zero-order valence-electron chi connectivity index (χ0n) is 10.8. The lowest BCUT2D eigenvalue weighted by Crippen LogP contribution is -2.26. The first-order valence-corrected chi connectivity index (χ1v) is 7.05. The van der Waals surface area contributed by atoms with Crippen LogP contribution < -0.4 is 15.8 Å². The third kappa shape index (κ3) is 2.63. The number of fused-ring (bicyclic) bond motifs is 1. The molecule has 0 aliphatic carbocycles. The third-order valence-corrected chi connectivity index (χ3v) is 4.49. The van der Waals surface area contributed by atoms with Gasteiger partial charge >= 0.3 is 0 Å². The van der Waals surface area contributed by atoms with Crippen molar-refractivity contribution >= 4 is 39.1 Å². The SMILES string of the molecule is COc1ccc(C2CCNCC2)c2sc(N)nc12.Cl. The van der Waals surface area contributed by atoms with Crippen molar-refractivity contribution in [3.8, 4) is 5.75 Å². The second-order valence-corrected chi connectivity index (χ2v) is 5.64. The number of halogens is 1. The third-order valence-electron chi connectivity index (χ3n) is 3.55. The molecule has 6 heteroatoms. The lowest BCUT2D eigenvalue weighted by Gasteiger charge is -2.23. The van der Waals surface area contributed by atoms with Gasteiger partial charge in [-0.1, -0.05) is 17.4 Å². The number of piperidine rings is 1. The summed E-state index contributed by atoms with van der Waals surface area (Å²) in [6.45, 7) is 2.18. The molecule has 1 saturated heterocycles. The van der Waals surface area contributed by atoms with E-state index >= 15 is 0 Å². The maximum atomic E-state index is 5.85. The van der Waals surface area contributed by atoms with E-state index in [4.69, 9.17) is 10.5 Å². The van der Waals surface area contributed by atoms with Crippen LogP contribution in [0, 0.1) is 0 Å². The van der Waals surface area contributed by atoms with Crippen LogP contribution in [-0.2, 0) is 0 Å². The molecule has 0 saturated carbocycles. The maximum absolute atomic E-state index is 5.85. The molecule has 1 fully saturated rings. The summed E-state index contributed by atoms with van der Waals surface area (Å²) in [4.78, 5) is 4.40. The molecule has 2 heterocycles. The minimum absolute atomic E-state index is 0. The molecule has 4 nitrogen and oxygen atoms in total. The predicted octanol–water partition coefficient (Wildman–Crippen LogP) is 2.78. The van der Waals surface area contributed by atoms with Crippen molar-refractivity contribution in [3.63, 3.8) is 0 Å². The fourth-order valence-corrected chi connectivity index (χ4v) is 3.58. The minimum Gasteiger partial charge on any atom is -0.494 e. The molecule has 2 aromatic rings. The fraction of sp³-hybridized carbons (Fsp3) is 0.462. The number of thiazole rings is 1. The van der Waals surface area contributed by atoms with Crippen molar-refractivity contribution in [2.45, 2.75) is 18.8 Å². The first-order chi connectivity index (χ1) is 8.79.